The van der Waals surface area contributed by atoms with Gasteiger partial charge in [0.2, 0.25) is 0 Å². The van der Waals surface area contributed by atoms with Crippen LogP contribution in [0.1, 0.15) is 78.2 Å². The highest BCUT2D eigenvalue weighted by Crippen LogP contribution is 2.46. The lowest BCUT2D eigenvalue weighted by Crippen LogP contribution is -2.38. The van der Waals surface area contributed by atoms with Crippen molar-refractivity contribution in [1.82, 2.24) is 5.32 Å². The average Bonchev–Trinajstić information content (AvgIpc) is 3.00. The van der Waals surface area contributed by atoms with Crippen LogP contribution in [0.4, 0.5) is 11.4 Å². The predicted octanol–water partition coefficient (Wildman–Crippen LogP) is 7.29. The summed E-state index contributed by atoms with van der Waals surface area (Å²) in [4.78, 5) is 15.4. The van der Waals surface area contributed by atoms with Gasteiger partial charge in [-0.3, -0.25) is 4.79 Å². The smallest absolute Gasteiger partial charge is 0.320 e. The van der Waals surface area contributed by atoms with E-state index in [0.717, 1.165) is 60.4 Å². The van der Waals surface area contributed by atoms with E-state index in [1.807, 2.05) is 50.4 Å². The maximum Gasteiger partial charge on any atom is 0.320 e. The number of anilines is 2. The molecule has 0 radical (unpaired) electrons. The second-order valence-electron chi connectivity index (χ2n) is 11.4. The minimum absolute atomic E-state index is 0.132. The summed E-state index contributed by atoms with van der Waals surface area (Å²) in [7, 11) is -3.60. The van der Waals surface area contributed by atoms with Crippen molar-refractivity contribution >= 4 is 38.9 Å². The molecule has 0 amide bonds. The number of hydrogen-bond donors (Lipinski definition) is 2. The van der Waals surface area contributed by atoms with Crippen molar-refractivity contribution in [3.8, 4) is 0 Å². The highest BCUT2D eigenvalue weighted by Gasteiger charge is 2.42. The van der Waals surface area contributed by atoms with Crippen molar-refractivity contribution in [2.45, 2.75) is 95.0 Å². The molecule has 1 heterocycles. The Bertz CT molecular complexity index is 1190. The van der Waals surface area contributed by atoms with Crippen molar-refractivity contribution in [2.24, 2.45) is 11.3 Å². The van der Waals surface area contributed by atoms with Crippen LogP contribution >= 0.6 is 11.8 Å². The van der Waals surface area contributed by atoms with E-state index in [4.69, 9.17) is 0 Å². The summed E-state index contributed by atoms with van der Waals surface area (Å²) in [5.41, 5.74) is 2.20. The molecule has 0 saturated heterocycles. The average molecular weight is 575 g/mol. The second-order valence-corrected chi connectivity index (χ2v) is 14.2. The van der Waals surface area contributed by atoms with Crippen molar-refractivity contribution in [3.05, 3.63) is 48.0 Å². The number of carbonyl (C=O) groups is 1. The van der Waals surface area contributed by atoms with Crippen molar-refractivity contribution in [1.29, 1.82) is 0 Å². The van der Waals surface area contributed by atoms with Crippen molar-refractivity contribution in [3.63, 3.8) is 0 Å². The Kier molecular flexibility index (Phi) is 11.3. The molecular weight excluding hydrogens is 528 g/mol. The van der Waals surface area contributed by atoms with Gasteiger partial charge in [0, 0.05) is 29.1 Å². The number of aliphatic carboxylic acids is 1. The molecule has 1 aliphatic rings. The minimum Gasteiger partial charge on any atom is -0.480 e. The first-order chi connectivity index (χ1) is 18.6. The monoisotopic (exact) mass is 574 g/mol. The molecule has 0 bridgehead atoms. The molecule has 1 atom stereocenters. The van der Waals surface area contributed by atoms with Gasteiger partial charge in [-0.05, 0) is 61.3 Å². The molecule has 0 saturated carbocycles. The van der Waals surface area contributed by atoms with E-state index in [-0.39, 0.29) is 17.1 Å². The highest BCUT2D eigenvalue weighted by molar-refractivity contribution is 7.98. The topological polar surface area (TPSA) is 86.7 Å². The molecule has 39 heavy (non-hydrogen) atoms. The zero-order chi connectivity index (χ0) is 28.6. The molecule has 2 aromatic carbocycles. The lowest BCUT2D eigenvalue weighted by Gasteiger charge is -2.37. The van der Waals surface area contributed by atoms with E-state index < -0.39 is 21.8 Å². The molecule has 0 aliphatic carbocycles. The Morgan fingerprint density at radius 2 is 1.74 bits per heavy atom. The van der Waals surface area contributed by atoms with Gasteiger partial charge in [-0.15, -0.1) is 11.8 Å². The minimum atomic E-state index is -3.60. The van der Waals surface area contributed by atoms with Crippen LogP contribution in [0.2, 0.25) is 0 Å². The van der Waals surface area contributed by atoms with Crippen LogP contribution in [0.5, 0.6) is 0 Å². The number of carboxylic acids is 1. The second kappa shape index (κ2) is 14.0. The third-order valence-electron chi connectivity index (χ3n) is 7.71. The molecular formula is C31H46N2O4S2. The first-order valence-corrected chi connectivity index (χ1v) is 17.2. The number of nitrogens with one attached hydrogen (secondary N) is 1. The Labute approximate surface area is 239 Å². The molecule has 1 aliphatic heterocycles. The molecule has 0 aromatic heterocycles. The summed E-state index contributed by atoms with van der Waals surface area (Å²) in [5.74, 6) is -0.527. The number of carboxylic acid groups (broad SMARTS) is 1. The summed E-state index contributed by atoms with van der Waals surface area (Å²) < 4.78 is 28.4. The predicted molar refractivity (Wildman–Crippen MR) is 163 cm³/mol. The van der Waals surface area contributed by atoms with Gasteiger partial charge in [-0.25, -0.2) is 8.42 Å². The van der Waals surface area contributed by atoms with Crippen LogP contribution in [-0.2, 0) is 21.2 Å². The van der Waals surface area contributed by atoms with Crippen LogP contribution in [0, 0.1) is 11.3 Å². The lowest BCUT2D eigenvalue weighted by atomic mass is 9.79. The summed E-state index contributed by atoms with van der Waals surface area (Å²) in [6.07, 6.45) is 8.29. The highest BCUT2D eigenvalue weighted by atomic mass is 32.2. The molecule has 8 heteroatoms. The van der Waals surface area contributed by atoms with Gasteiger partial charge in [0.25, 0.3) is 0 Å². The number of thioether (sulfide) groups is 1. The van der Waals surface area contributed by atoms with E-state index in [1.54, 1.807) is 11.8 Å². The fourth-order valence-electron chi connectivity index (χ4n) is 5.67. The third kappa shape index (κ3) is 8.01. The number of para-hydroxylation sites is 1. The molecule has 6 nitrogen and oxygen atoms in total. The number of benzene rings is 2. The zero-order valence-electron chi connectivity index (χ0n) is 24.2. The number of rotatable bonds is 14. The lowest BCUT2D eigenvalue weighted by molar-refractivity contribution is -0.140. The van der Waals surface area contributed by atoms with Crippen LogP contribution in [0.15, 0.2) is 52.3 Å². The maximum absolute atomic E-state index is 14.2. The van der Waals surface area contributed by atoms with Gasteiger partial charge in [0.15, 0.2) is 9.84 Å². The standard InChI is InChI=1S/C31H46N2O4S2/c1-6-8-15-31(16-9-7-2)21-33(25-13-11-10-12-14-25)27-19-28(38-5)24(18-29(27)39(36,37)22-31)20-32-26(30(34)35)17-23(3)4/h10-14,18-19,23,26,32H,6-9,15-17,20-22H2,1-5H3,(H,34,35)/t26-/m0/s1. The summed E-state index contributed by atoms with van der Waals surface area (Å²) >= 11 is 1.57. The molecule has 0 fully saturated rings. The maximum atomic E-state index is 14.2. The molecule has 216 valence electrons. The Morgan fingerprint density at radius 3 is 2.28 bits per heavy atom. The fraction of sp³-hybridized carbons (Fsp3) is 0.581. The Hall–Kier alpha value is -2.03. The molecule has 2 N–H and O–H groups in total. The number of hydrogen-bond acceptors (Lipinski definition) is 6. The summed E-state index contributed by atoms with van der Waals surface area (Å²) in [6.45, 7) is 9.28. The van der Waals surface area contributed by atoms with Crippen molar-refractivity contribution < 1.29 is 18.3 Å². The molecule has 3 rings (SSSR count). The van der Waals surface area contributed by atoms with E-state index in [2.05, 4.69) is 36.2 Å². The first-order valence-electron chi connectivity index (χ1n) is 14.3. The van der Waals surface area contributed by atoms with Crippen LogP contribution in [0.3, 0.4) is 0 Å². The quantitative estimate of drug-likeness (QED) is 0.229. The number of fused-ring (bicyclic) bond motifs is 1. The van der Waals surface area contributed by atoms with Crippen LogP contribution < -0.4 is 10.2 Å². The van der Waals surface area contributed by atoms with Gasteiger partial charge in [0.1, 0.15) is 6.04 Å². The SMILES string of the molecule is CCCCC1(CCCC)CN(c2ccccc2)c2cc(SC)c(CN[C@@H](CC(C)C)C(=O)O)cc2S(=O)(=O)C1. The van der Waals surface area contributed by atoms with Gasteiger partial charge >= 0.3 is 5.97 Å². The van der Waals surface area contributed by atoms with E-state index >= 15 is 0 Å². The van der Waals surface area contributed by atoms with Gasteiger partial charge in [-0.1, -0.05) is 71.6 Å². The number of nitrogens with zero attached hydrogens (tertiary/aromatic N) is 1. The van der Waals surface area contributed by atoms with Crippen molar-refractivity contribution in [2.75, 3.05) is 23.5 Å². The Morgan fingerprint density at radius 1 is 1.10 bits per heavy atom. The first kappa shape index (κ1) is 31.5. The van der Waals surface area contributed by atoms with Crippen LogP contribution in [0.25, 0.3) is 0 Å². The zero-order valence-corrected chi connectivity index (χ0v) is 25.8. The van der Waals surface area contributed by atoms with E-state index in [1.165, 1.54) is 0 Å². The van der Waals surface area contributed by atoms with Gasteiger partial charge < -0.3 is 15.3 Å². The normalized spacial score (nSPS) is 17.0. The fourth-order valence-corrected chi connectivity index (χ4v) is 8.45. The largest absolute Gasteiger partial charge is 0.480 e. The molecule has 0 unspecified atom stereocenters. The summed E-state index contributed by atoms with van der Waals surface area (Å²) in [5, 5.41) is 12.9. The summed E-state index contributed by atoms with van der Waals surface area (Å²) in [6, 6.07) is 13.2. The van der Waals surface area contributed by atoms with Crippen LogP contribution in [-0.4, -0.2) is 44.1 Å². The molecule has 0 spiro atoms. The van der Waals surface area contributed by atoms with Gasteiger partial charge in [-0.2, -0.15) is 0 Å². The van der Waals surface area contributed by atoms with Gasteiger partial charge in [0.05, 0.1) is 16.3 Å². The third-order valence-corrected chi connectivity index (χ3v) is 10.5. The Balaban J connectivity index is 2.15. The van der Waals surface area contributed by atoms with E-state index in [0.29, 0.717) is 24.4 Å². The number of sulfone groups is 1. The molecule has 2 aromatic rings. The number of unbranched alkanes of at least 4 members (excludes halogenated alkanes) is 2. The van der Waals surface area contributed by atoms with E-state index in [9.17, 15) is 18.3 Å².